The molecule has 9 nitrogen and oxygen atoms in total. The molecule has 1 atom stereocenters. The molecular weight excluding hydrogens is 390 g/mol. The first-order valence-electron chi connectivity index (χ1n) is 8.56. The molecule has 3 rings (SSSR count). The molecule has 1 aliphatic heterocycles. The van der Waals surface area contributed by atoms with Gasteiger partial charge >= 0.3 is 12.1 Å². The molecule has 0 saturated heterocycles. The number of esters is 1. The van der Waals surface area contributed by atoms with Gasteiger partial charge in [0.15, 0.2) is 0 Å². The number of rotatable bonds is 3. The summed E-state index contributed by atoms with van der Waals surface area (Å²) in [5.74, 6) is -0.727. The number of hydrogen-bond acceptors (Lipinski definition) is 6. The van der Waals surface area contributed by atoms with Gasteiger partial charge in [-0.1, -0.05) is 0 Å². The Hall–Kier alpha value is -2.81. The second kappa shape index (κ2) is 6.97. The number of ether oxygens (including phenoxy) is 2. The first-order valence-corrected chi connectivity index (χ1v) is 9.09. The van der Waals surface area contributed by atoms with Crippen LogP contribution in [0.15, 0.2) is 12.1 Å². The molecule has 1 N–H and O–H groups in total. The molecule has 0 bridgehead atoms. The second-order valence-corrected chi connectivity index (χ2v) is 7.80. The number of aromatic nitrogens is 1. The summed E-state index contributed by atoms with van der Waals surface area (Å²) in [5, 5.41) is 12.1. The number of aromatic amines is 1. The Morgan fingerprint density at radius 3 is 2.61 bits per heavy atom. The minimum Gasteiger partial charge on any atom is -0.464 e. The number of halogens is 1. The minimum atomic E-state index is -0.724. The molecule has 0 aliphatic carbocycles. The number of nitrogens with zero attached hydrogens (tertiary/aromatic N) is 2. The maximum Gasteiger partial charge on any atom is 0.414 e. The van der Waals surface area contributed by atoms with Crippen LogP contribution in [0, 0.1) is 10.1 Å². The van der Waals surface area contributed by atoms with E-state index in [4.69, 9.17) is 21.1 Å². The van der Waals surface area contributed by atoms with Gasteiger partial charge in [-0.2, -0.15) is 0 Å². The van der Waals surface area contributed by atoms with Gasteiger partial charge < -0.3 is 14.5 Å². The summed E-state index contributed by atoms with van der Waals surface area (Å²) in [4.78, 5) is 39.8. The Kier molecular flexibility index (Phi) is 4.97. The Balaban J connectivity index is 2.23. The van der Waals surface area contributed by atoms with Crippen molar-refractivity contribution < 1.29 is 24.0 Å². The molecule has 2 aromatic rings. The van der Waals surface area contributed by atoms with Gasteiger partial charge in [-0.25, -0.2) is 9.59 Å². The van der Waals surface area contributed by atoms with Crippen molar-refractivity contribution in [2.24, 2.45) is 0 Å². The molecule has 10 heteroatoms. The lowest BCUT2D eigenvalue weighted by Crippen LogP contribution is -2.36. The van der Waals surface area contributed by atoms with Crippen molar-refractivity contribution in [1.29, 1.82) is 0 Å². The van der Waals surface area contributed by atoms with Gasteiger partial charge in [0.2, 0.25) is 0 Å². The molecule has 1 aliphatic rings. The zero-order chi connectivity index (χ0) is 20.8. The first kappa shape index (κ1) is 19.9. The molecular formula is C18H20ClN3O6. The van der Waals surface area contributed by atoms with E-state index in [1.807, 2.05) is 0 Å². The Bertz CT molecular complexity index is 978. The number of nitro benzene ring substituents is 1. The van der Waals surface area contributed by atoms with E-state index in [0.29, 0.717) is 16.6 Å². The summed E-state index contributed by atoms with van der Waals surface area (Å²) in [6.07, 6.45) is -0.612. The lowest BCUT2D eigenvalue weighted by atomic mass is 9.98. The van der Waals surface area contributed by atoms with Crippen LogP contribution in [-0.4, -0.2) is 47.1 Å². The van der Waals surface area contributed by atoms with Crippen LogP contribution < -0.4 is 4.90 Å². The number of amides is 1. The summed E-state index contributed by atoms with van der Waals surface area (Å²) in [6.45, 7) is 5.44. The molecule has 0 fully saturated rings. The molecule has 1 amide bonds. The standard InChI is InChI=1S/C18H20ClN3O6/c1-18(2,3)28-17(24)21-8-9(7-19)14-10-5-11(16(23)27-4)20-15(10)13(22(25)26)6-12(14)21/h5-6,9,20H,7-8H2,1-4H3/t9-/m0/s1. The van der Waals surface area contributed by atoms with Gasteiger partial charge in [0.1, 0.15) is 16.8 Å². The van der Waals surface area contributed by atoms with E-state index in [-0.39, 0.29) is 35.2 Å². The van der Waals surface area contributed by atoms with Gasteiger partial charge in [-0.05, 0) is 32.4 Å². The monoisotopic (exact) mass is 409 g/mol. The minimum absolute atomic E-state index is 0.0815. The van der Waals surface area contributed by atoms with Crippen LogP contribution >= 0.6 is 11.6 Å². The molecule has 0 unspecified atom stereocenters. The SMILES string of the molecule is COC(=O)c1cc2c3c(cc([N+](=O)[O-])c2[nH]1)N(C(=O)OC(C)(C)C)C[C@@H]3CCl. The fraction of sp³-hybridized carbons (Fsp3) is 0.444. The number of fused-ring (bicyclic) bond motifs is 3. The van der Waals surface area contributed by atoms with Gasteiger partial charge in [-0.3, -0.25) is 15.0 Å². The smallest absolute Gasteiger partial charge is 0.414 e. The van der Waals surface area contributed by atoms with Gasteiger partial charge in [-0.15, -0.1) is 11.6 Å². The summed E-state index contributed by atoms with van der Waals surface area (Å²) in [6, 6.07) is 2.80. The van der Waals surface area contributed by atoms with E-state index in [9.17, 15) is 19.7 Å². The molecule has 0 radical (unpaired) electrons. The van der Waals surface area contributed by atoms with Crippen molar-refractivity contribution in [1.82, 2.24) is 4.98 Å². The largest absolute Gasteiger partial charge is 0.464 e. The number of carbonyl (C=O) groups excluding carboxylic acids is 2. The van der Waals surface area contributed by atoms with Gasteiger partial charge in [0, 0.05) is 29.8 Å². The van der Waals surface area contributed by atoms with E-state index in [1.165, 1.54) is 24.1 Å². The van der Waals surface area contributed by atoms with Crippen molar-refractivity contribution in [3.05, 3.63) is 33.5 Å². The summed E-state index contributed by atoms with van der Waals surface area (Å²) >= 11 is 6.12. The Morgan fingerprint density at radius 2 is 2.07 bits per heavy atom. The summed E-state index contributed by atoms with van der Waals surface area (Å²) < 4.78 is 10.1. The highest BCUT2D eigenvalue weighted by Crippen LogP contribution is 2.46. The molecule has 150 valence electrons. The quantitative estimate of drug-likeness (QED) is 0.355. The van der Waals surface area contributed by atoms with E-state index >= 15 is 0 Å². The third-order valence-electron chi connectivity index (χ3n) is 4.42. The number of H-pyrrole nitrogens is 1. The van der Waals surface area contributed by atoms with Crippen molar-refractivity contribution >= 4 is 45.9 Å². The van der Waals surface area contributed by atoms with E-state index in [0.717, 1.165) is 0 Å². The number of benzene rings is 1. The third kappa shape index (κ3) is 3.37. The summed E-state index contributed by atoms with van der Waals surface area (Å²) in [7, 11) is 1.22. The van der Waals surface area contributed by atoms with Gasteiger partial charge in [0.25, 0.3) is 5.69 Å². The predicted molar refractivity (Wildman–Crippen MR) is 103 cm³/mol. The van der Waals surface area contributed by atoms with Crippen LogP contribution in [0.4, 0.5) is 16.2 Å². The predicted octanol–water partition coefficient (Wildman–Crippen LogP) is 3.94. The number of anilines is 1. The zero-order valence-corrected chi connectivity index (χ0v) is 16.6. The average Bonchev–Trinajstić information content (AvgIpc) is 3.19. The van der Waals surface area contributed by atoms with Crippen LogP contribution in [0.5, 0.6) is 0 Å². The zero-order valence-electron chi connectivity index (χ0n) is 15.9. The highest BCUT2D eigenvalue weighted by atomic mass is 35.5. The number of carbonyl (C=O) groups is 2. The van der Waals surface area contributed by atoms with Crippen LogP contribution in [-0.2, 0) is 9.47 Å². The maximum absolute atomic E-state index is 12.7. The van der Waals surface area contributed by atoms with E-state index in [2.05, 4.69) is 4.98 Å². The van der Waals surface area contributed by atoms with Crippen LogP contribution in [0.25, 0.3) is 10.9 Å². The maximum atomic E-state index is 12.7. The van der Waals surface area contributed by atoms with Crippen molar-refractivity contribution in [3.63, 3.8) is 0 Å². The summed E-state index contributed by atoms with van der Waals surface area (Å²) in [5.41, 5.74) is 0.303. The van der Waals surface area contributed by atoms with Crippen LogP contribution in [0.3, 0.4) is 0 Å². The molecule has 1 aromatic heterocycles. The normalized spacial score (nSPS) is 16.2. The number of hydrogen-bond donors (Lipinski definition) is 1. The Labute approximate surface area is 165 Å². The van der Waals surface area contributed by atoms with Gasteiger partial charge in [0.05, 0.1) is 17.7 Å². The third-order valence-corrected chi connectivity index (χ3v) is 4.79. The molecule has 0 saturated carbocycles. The van der Waals surface area contributed by atoms with E-state index in [1.54, 1.807) is 20.8 Å². The number of non-ortho nitro benzene ring substituents is 1. The average molecular weight is 410 g/mol. The molecule has 0 spiro atoms. The topological polar surface area (TPSA) is 115 Å². The lowest BCUT2D eigenvalue weighted by Gasteiger charge is -2.25. The molecule has 28 heavy (non-hydrogen) atoms. The van der Waals surface area contributed by atoms with Crippen molar-refractivity contribution in [3.8, 4) is 0 Å². The number of nitrogens with one attached hydrogen (secondary N) is 1. The number of nitro groups is 1. The highest BCUT2D eigenvalue weighted by molar-refractivity contribution is 6.19. The number of alkyl halides is 1. The fourth-order valence-corrected chi connectivity index (χ4v) is 3.58. The lowest BCUT2D eigenvalue weighted by molar-refractivity contribution is -0.383. The van der Waals surface area contributed by atoms with E-state index < -0.39 is 22.6 Å². The highest BCUT2D eigenvalue weighted by Gasteiger charge is 2.38. The second-order valence-electron chi connectivity index (χ2n) is 7.49. The fourth-order valence-electron chi connectivity index (χ4n) is 3.33. The molecule has 2 heterocycles. The molecule has 1 aromatic carbocycles. The van der Waals surface area contributed by atoms with Crippen LogP contribution in [0.2, 0.25) is 0 Å². The van der Waals surface area contributed by atoms with Crippen LogP contribution in [0.1, 0.15) is 42.7 Å². The Morgan fingerprint density at radius 1 is 1.39 bits per heavy atom. The van der Waals surface area contributed by atoms with Crippen molar-refractivity contribution in [2.75, 3.05) is 24.4 Å². The van der Waals surface area contributed by atoms with Crippen molar-refractivity contribution in [2.45, 2.75) is 32.3 Å². The number of methoxy groups -OCH3 is 1. The first-order chi connectivity index (χ1) is 13.1.